The Morgan fingerprint density at radius 2 is 1.12 bits per heavy atom. The summed E-state index contributed by atoms with van der Waals surface area (Å²) < 4.78 is 138. The van der Waals surface area contributed by atoms with Gasteiger partial charge in [-0.2, -0.15) is 33.7 Å². The van der Waals surface area contributed by atoms with Crippen LogP contribution in [-0.4, -0.2) is 71.0 Å². The van der Waals surface area contributed by atoms with Gasteiger partial charge in [0.25, 0.3) is 40.5 Å². The normalized spacial score (nSPS) is 13.3. The van der Waals surface area contributed by atoms with Gasteiger partial charge in [0.05, 0.1) is 37.7 Å². The van der Waals surface area contributed by atoms with E-state index >= 15 is 0 Å². The molecule has 0 radical (unpaired) electrons. The zero-order valence-corrected chi connectivity index (χ0v) is 22.5. The first kappa shape index (κ1) is 27.8. The summed E-state index contributed by atoms with van der Waals surface area (Å²) >= 11 is 0. The van der Waals surface area contributed by atoms with E-state index in [1.165, 1.54) is 10.6 Å². The van der Waals surface area contributed by atoms with Gasteiger partial charge >= 0.3 is 0 Å². The van der Waals surface area contributed by atoms with Crippen molar-refractivity contribution in [3.8, 4) is 11.4 Å². The minimum atomic E-state index is -5.35. The maximum atomic E-state index is 12.6. The number of imidazole rings is 2. The molecule has 4 N–H and O–H groups in total. The van der Waals surface area contributed by atoms with E-state index in [0.717, 1.165) is 23.3 Å². The molecule has 2 aromatic heterocycles. The van der Waals surface area contributed by atoms with Crippen molar-refractivity contribution in [1.29, 1.82) is 0 Å². The van der Waals surface area contributed by atoms with E-state index in [0.29, 0.717) is 23.7 Å². The number of benzene rings is 3. The summed E-state index contributed by atoms with van der Waals surface area (Å²) in [5.41, 5.74) is -1.46. The van der Waals surface area contributed by atoms with Crippen LogP contribution in [0.25, 0.3) is 33.4 Å². The van der Waals surface area contributed by atoms with E-state index in [1.807, 2.05) is 0 Å². The molecule has 40 heavy (non-hydrogen) atoms. The van der Waals surface area contributed by atoms with Gasteiger partial charge in [0.1, 0.15) is 28.0 Å². The average molecular weight is 631 g/mol. The summed E-state index contributed by atoms with van der Waals surface area (Å²) in [5, 5.41) is 0. The summed E-state index contributed by atoms with van der Waals surface area (Å²) in [6, 6.07) is 8.60. The zero-order chi connectivity index (χ0) is 29.4. The van der Waals surface area contributed by atoms with E-state index in [9.17, 15) is 51.9 Å². The van der Waals surface area contributed by atoms with Crippen LogP contribution < -0.4 is 0 Å². The molecule has 20 heteroatoms. The molecule has 0 amide bonds. The first-order valence-electron chi connectivity index (χ1n) is 10.4. The fourth-order valence-electron chi connectivity index (χ4n) is 4.07. The van der Waals surface area contributed by atoms with Crippen molar-refractivity contribution >= 4 is 62.5 Å². The Hall–Kier alpha value is -3.76. The van der Waals surface area contributed by atoms with Gasteiger partial charge in [-0.1, -0.05) is 12.1 Å². The summed E-state index contributed by atoms with van der Waals surface area (Å²) in [7, 11) is -20.7. The minimum Gasteiger partial charge on any atom is -0.297 e. The highest BCUT2D eigenvalue weighted by Crippen LogP contribution is 2.36. The van der Waals surface area contributed by atoms with E-state index in [2.05, 4.69) is 9.97 Å². The second kappa shape index (κ2) is 8.87. The highest BCUT2D eigenvalue weighted by atomic mass is 32.2. The fraction of sp³-hybridized carbons (Fsp3) is 0. The first-order chi connectivity index (χ1) is 18.4. The van der Waals surface area contributed by atoms with Gasteiger partial charge in [0.2, 0.25) is 0 Å². The zero-order valence-electron chi connectivity index (χ0n) is 19.3. The van der Waals surface area contributed by atoms with Gasteiger partial charge in [-0.3, -0.25) is 27.3 Å². The van der Waals surface area contributed by atoms with Crippen LogP contribution in [0.4, 0.5) is 0 Å². The molecule has 0 fully saturated rings. The van der Waals surface area contributed by atoms with Crippen molar-refractivity contribution in [2.24, 2.45) is 0 Å². The highest BCUT2D eigenvalue weighted by Gasteiger charge is 2.30. The van der Waals surface area contributed by atoms with Crippen molar-refractivity contribution in [1.82, 2.24) is 19.1 Å². The van der Waals surface area contributed by atoms with Gasteiger partial charge in [-0.25, -0.2) is 9.97 Å². The summed E-state index contributed by atoms with van der Waals surface area (Å²) in [4.78, 5) is 3.77. The molecule has 0 unspecified atom stereocenters. The van der Waals surface area contributed by atoms with Crippen LogP contribution in [0.3, 0.4) is 0 Å². The molecule has 0 bridgehead atoms. The van der Waals surface area contributed by atoms with Crippen LogP contribution in [0.2, 0.25) is 0 Å². The lowest BCUT2D eigenvalue weighted by molar-refractivity contribution is 0.476. The largest absolute Gasteiger partial charge is 0.297 e. The Morgan fingerprint density at radius 1 is 0.575 bits per heavy atom. The number of para-hydroxylation sites is 2. The second-order valence-corrected chi connectivity index (χ2v) is 13.8. The van der Waals surface area contributed by atoms with Crippen LogP contribution in [-0.2, 0) is 40.5 Å². The molecule has 0 aliphatic rings. The standard InChI is InChI=1S/C20H14N4O12S4/c25-37(26,27)11-5-15-19(17(7-11)39(31,32)33)22-10-24(15)20-16(23-9-21-13-3-1-2-4-14(13)23)6-12(38(28,29)30)8-18(20)40(34,35)36/h1-10H,(H,25,26,27)(H,28,29,30)(H,31,32,33)(H,34,35,36). The Balaban J connectivity index is 2.04. The van der Waals surface area contributed by atoms with Crippen LogP contribution in [0.1, 0.15) is 0 Å². The fourth-order valence-corrected chi connectivity index (χ4v) is 6.68. The summed E-state index contributed by atoms with van der Waals surface area (Å²) in [6.45, 7) is 0. The third-order valence-corrected chi connectivity index (χ3v) is 9.12. The molecule has 5 rings (SSSR count). The van der Waals surface area contributed by atoms with E-state index in [1.54, 1.807) is 18.2 Å². The van der Waals surface area contributed by atoms with Crippen molar-refractivity contribution in [3.05, 3.63) is 61.2 Å². The van der Waals surface area contributed by atoms with E-state index < -0.39 is 76.8 Å². The maximum Gasteiger partial charge on any atom is 0.296 e. The van der Waals surface area contributed by atoms with E-state index in [4.69, 9.17) is 0 Å². The van der Waals surface area contributed by atoms with Crippen LogP contribution in [0, 0.1) is 0 Å². The molecule has 0 atom stereocenters. The maximum absolute atomic E-state index is 12.6. The van der Waals surface area contributed by atoms with Crippen molar-refractivity contribution in [2.45, 2.75) is 19.6 Å². The lowest BCUT2D eigenvalue weighted by atomic mass is 10.2. The van der Waals surface area contributed by atoms with Crippen molar-refractivity contribution < 1.29 is 51.9 Å². The molecule has 3 aromatic carbocycles. The highest BCUT2D eigenvalue weighted by molar-refractivity contribution is 7.87. The predicted octanol–water partition coefficient (Wildman–Crippen LogP) is 1.35. The molecule has 0 saturated carbocycles. The second-order valence-electron chi connectivity index (χ2n) is 8.20. The van der Waals surface area contributed by atoms with Gasteiger partial charge < -0.3 is 0 Å². The number of nitrogens with zero attached hydrogens (tertiary/aromatic N) is 4. The molecule has 2 heterocycles. The lowest BCUT2D eigenvalue weighted by Gasteiger charge is -2.18. The number of aromatic nitrogens is 4. The number of fused-ring (bicyclic) bond motifs is 2. The van der Waals surface area contributed by atoms with Crippen LogP contribution >= 0.6 is 0 Å². The molecule has 5 aromatic rings. The first-order valence-corrected chi connectivity index (χ1v) is 16.2. The molecule has 0 saturated heterocycles. The van der Waals surface area contributed by atoms with E-state index in [-0.39, 0.29) is 11.2 Å². The summed E-state index contributed by atoms with van der Waals surface area (Å²) in [5.74, 6) is 0. The molecule has 0 spiro atoms. The Morgan fingerprint density at radius 3 is 1.73 bits per heavy atom. The van der Waals surface area contributed by atoms with Crippen molar-refractivity contribution in [3.63, 3.8) is 0 Å². The molecule has 16 nitrogen and oxygen atoms in total. The summed E-state index contributed by atoms with van der Waals surface area (Å²) in [6.07, 6.45) is 1.95. The smallest absolute Gasteiger partial charge is 0.296 e. The molecule has 0 aliphatic heterocycles. The van der Waals surface area contributed by atoms with Gasteiger partial charge in [-0.05, 0) is 36.4 Å². The van der Waals surface area contributed by atoms with Crippen LogP contribution in [0.5, 0.6) is 0 Å². The van der Waals surface area contributed by atoms with Gasteiger partial charge in [-0.15, -0.1) is 0 Å². The Bertz CT molecular complexity index is 2320. The number of rotatable bonds is 6. The number of hydrogen-bond acceptors (Lipinski definition) is 10. The minimum absolute atomic E-state index is 0.277. The SMILES string of the molecule is O=S(=O)(O)c1cc(-n2cnc3ccccc32)c(-n2cnc3c(S(=O)(=O)O)cc(S(=O)(=O)O)cc32)c(S(=O)(=O)O)c1. The third-order valence-electron chi connectivity index (χ3n) is 5.72. The van der Waals surface area contributed by atoms with Crippen LogP contribution in [0.15, 0.2) is 80.8 Å². The molecular weight excluding hydrogens is 617 g/mol. The third kappa shape index (κ3) is 4.75. The molecule has 210 valence electrons. The van der Waals surface area contributed by atoms with Crippen molar-refractivity contribution in [2.75, 3.05) is 0 Å². The lowest BCUT2D eigenvalue weighted by Crippen LogP contribution is -2.13. The Labute approximate surface area is 225 Å². The molecule has 0 aliphatic carbocycles. The monoisotopic (exact) mass is 630 g/mol. The quantitative estimate of drug-likeness (QED) is 0.193. The van der Waals surface area contributed by atoms with Gasteiger partial charge in [0, 0.05) is 0 Å². The topological polar surface area (TPSA) is 253 Å². The molecular formula is C20H14N4O12S4. The average Bonchev–Trinajstić information content (AvgIpc) is 3.44. The predicted molar refractivity (Wildman–Crippen MR) is 135 cm³/mol. The number of hydrogen-bond donors (Lipinski definition) is 4. The van der Waals surface area contributed by atoms with Gasteiger partial charge in [0.15, 0.2) is 0 Å². The Kier molecular flexibility index (Phi) is 6.16.